The number of carbonyl (C=O) groups excluding carboxylic acids is 3. The summed E-state index contributed by atoms with van der Waals surface area (Å²) in [6.45, 7) is 11.5. The van der Waals surface area contributed by atoms with Crippen LogP contribution < -0.4 is 0 Å². The summed E-state index contributed by atoms with van der Waals surface area (Å²) in [6, 6.07) is 0. The molecule has 0 radical (unpaired) electrons. The molecule has 0 rings (SSSR count). The van der Waals surface area contributed by atoms with Crippen LogP contribution in [0.25, 0.3) is 0 Å². The van der Waals surface area contributed by atoms with E-state index in [1.807, 2.05) is 0 Å². The molecule has 6 heteroatoms. The third-order valence-corrected chi connectivity index (χ3v) is 17.3. The molecule has 0 aromatic carbocycles. The first kappa shape index (κ1) is 77.4. The molecule has 0 heterocycles. The minimum atomic E-state index is -0.765. The molecule has 0 aliphatic carbocycles. The summed E-state index contributed by atoms with van der Waals surface area (Å²) in [4.78, 5) is 38.5. The molecule has 0 fully saturated rings. The average molecular weight is 1120 g/mol. The van der Waals surface area contributed by atoms with Crippen LogP contribution in [-0.4, -0.2) is 37.2 Å². The first-order valence-corrected chi connectivity index (χ1v) is 36.3. The van der Waals surface area contributed by atoms with Gasteiger partial charge in [-0.2, -0.15) is 0 Å². The number of rotatable bonds is 67. The van der Waals surface area contributed by atoms with E-state index < -0.39 is 6.10 Å². The third-order valence-electron chi connectivity index (χ3n) is 17.3. The van der Waals surface area contributed by atoms with Crippen LogP contribution >= 0.6 is 0 Å². The Bertz CT molecular complexity index is 1220. The van der Waals surface area contributed by atoms with Crippen molar-refractivity contribution in [2.45, 2.75) is 426 Å². The Balaban J connectivity index is 4.27. The highest BCUT2D eigenvalue weighted by Gasteiger charge is 2.20. The van der Waals surface area contributed by atoms with Crippen molar-refractivity contribution >= 4 is 17.9 Å². The largest absolute Gasteiger partial charge is 0.462 e. The Morgan fingerprint density at radius 2 is 0.481 bits per heavy atom. The van der Waals surface area contributed by atoms with Gasteiger partial charge in [-0.3, -0.25) is 14.4 Å². The Kier molecular flexibility index (Phi) is 64.2. The van der Waals surface area contributed by atoms with Gasteiger partial charge in [0.05, 0.1) is 0 Å². The molecule has 79 heavy (non-hydrogen) atoms. The third kappa shape index (κ3) is 65.4. The van der Waals surface area contributed by atoms with Gasteiger partial charge in [0.25, 0.3) is 0 Å². The van der Waals surface area contributed by atoms with E-state index in [4.69, 9.17) is 14.2 Å². The lowest BCUT2D eigenvalue weighted by Gasteiger charge is -2.18. The van der Waals surface area contributed by atoms with E-state index in [0.29, 0.717) is 19.3 Å². The van der Waals surface area contributed by atoms with Gasteiger partial charge in [-0.15, -0.1) is 0 Å². The Morgan fingerprint density at radius 3 is 0.722 bits per heavy atom. The molecule has 0 saturated carbocycles. The molecule has 0 bridgehead atoms. The van der Waals surface area contributed by atoms with E-state index in [0.717, 1.165) is 69.6 Å². The van der Waals surface area contributed by atoms with Crippen molar-refractivity contribution in [1.29, 1.82) is 0 Å². The smallest absolute Gasteiger partial charge is 0.306 e. The molecular formula is C73H142O6. The van der Waals surface area contributed by atoms with Crippen LogP contribution in [0.15, 0.2) is 0 Å². The second-order valence-corrected chi connectivity index (χ2v) is 26.0. The number of hydrogen-bond acceptors (Lipinski definition) is 6. The van der Waals surface area contributed by atoms with Gasteiger partial charge in [-0.1, -0.05) is 381 Å². The van der Waals surface area contributed by atoms with E-state index in [-0.39, 0.29) is 31.1 Å². The van der Waals surface area contributed by atoms with Crippen LogP contribution in [0.4, 0.5) is 0 Å². The number of ether oxygens (including phenoxy) is 3. The second-order valence-electron chi connectivity index (χ2n) is 26.0. The lowest BCUT2D eigenvalue weighted by molar-refractivity contribution is -0.167. The molecule has 470 valence electrons. The van der Waals surface area contributed by atoms with Crippen molar-refractivity contribution in [3.8, 4) is 0 Å². The summed E-state index contributed by atoms with van der Waals surface area (Å²) >= 11 is 0. The monoisotopic (exact) mass is 1120 g/mol. The van der Waals surface area contributed by atoms with Gasteiger partial charge < -0.3 is 14.2 Å². The highest BCUT2D eigenvalue weighted by molar-refractivity contribution is 5.71. The predicted molar refractivity (Wildman–Crippen MR) is 344 cm³/mol. The molecule has 1 unspecified atom stereocenters. The van der Waals surface area contributed by atoms with Crippen LogP contribution in [0.1, 0.15) is 420 Å². The first-order chi connectivity index (χ1) is 38.8. The minimum Gasteiger partial charge on any atom is -0.462 e. The number of esters is 3. The normalized spacial score (nSPS) is 12.4. The van der Waals surface area contributed by atoms with Gasteiger partial charge in [0, 0.05) is 19.3 Å². The molecule has 0 spiro atoms. The second kappa shape index (κ2) is 65.6. The number of unbranched alkanes of at least 4 members (excludes halogenated alkanes) is 51. The fourth-order valence-corrected chi connectivity index (χ4v) is 11.5. The molecule has 0 aromatic rings. The van der Waals surface area contributed by atoms with Crippen molar-refractivity contribution in [3.63, 3.8) is 0 Å². The highest BCUT2D eigenvalue weighted by Crippen LogP contribution is 2.20. The van der Waals surface area contributed by atoms with E-state index in [1.165, 1.54) is 308 Å². The summed E-state index contributed by atoms with van der Waals surface area (Å²) in [7, 11) is 0. The predicted octanol–water partition coefficient (Wildman–Crippen LogP) is 24.7. The minimum absolute atomic E-state index is 0.0609. The lowest BCUT2D eigenvalue weighted by Crippen LogP contribution is -2.30. The summed E-state index contributed by atoms with van der Waals surface area (Å²) in [5.74, 6) is 0.947. The topological polar surface area (TPSA) is 78.9 Å². The number of carbonyl (C=O) groups is 3. The maximum absolute atomic E-state index is 13.0. The summed E-state index contributed by atoms with van der Waals surface area (Å²) in [5, 5.41) is 0. The van der Waals surface area contributed by atoms with E-state index in [1.54, 1.807) is 0 Å². The van der Waals surface area contributed by atoms with Crippen LogP contribution in [0.3, 0.4) is 0 Å². The van der Waals surface area contributed by atoms with E-state index in [9.17, 15) is 14.4 Å². The maximum atomic E-state index is 13.0. The molecule has 0 amide bonds. The van der Waals surface area contributed by atoms with Gasteiger partial charge >= 0.3 is 17.9 Å². The molecule has 0 aromatic heterocycles. The Morgan fingerprint density at radius 1 is 0.266 bits per heavy atom. The van der Waals surface area contributed by atoms with Crippen LogP contribution in [0, 0.1) is 11.8 Å². The SMILES string of the molecule is CCCCCCCCCCCCCCCCCCCCC(=O)OC[C@@H](COC(=O)CCCCCCCCCCCCCCCCCCCCC(C)CC)OC(=O)CCCCCCCCCCCCCCCCCCCCC(C)C. The van der Waals surface area contributed by atoms with Gasteiger partial charge in [0.1, 0.15) is 13.2 Å². The van der Waals surface area contributed by atoms with Gasteiger partial charge in [0.2, 0.25) is 0 Å². The fourth-order valence-electron chi connectivity index (χ4n) is 11.5. The summed E-state index contributed by atoms with van der Waals surface area (Å²) < 4.78 is 17.0. The Hall–Kier alpha value is -1.59. The first-order valence-electron chi connectivity index (χ1n) is 36.3. The molecule has 2 atom stereocenters. The molecule has 0 N–H and O–H groups in total. The molecule has 0 aliphatic heterocycles. The molecule has 0 saturated heterocycles. The maximum Gasteiger partial charge on any atom is 0.306 e. The standard InChI is InChI=1S/C73H142O6/c1-6-8-9-10-11-12-13-14-15-16-23-28-33-38-43-48-53-58-63-71(74)77-66-70(79-73(76)65-60-55-50-45-40-35-30-25-19-17-21-26-31-36-41-46-51-56-61-68(3)4)67-78-72(75)64-59-54-49-44-39-34-29-24-20-18-22-27-32-37-42-47-52-57-62-69(5)7-2/h68-70H,6-67H2,1-5H3/t69?,70-/m0/s1. The molecule has 0 aliphatic rings. The van der Waals surface area contributed by atoms with Crippen molar-refractivity contribution in [2.75, 3.05) is 13.2 Å². The fraction of sp³-hybridized carbons (Fsp3) is 0.959. The Labute approximate surface area is 495 Å². The van der Waals surface area contributed by atoms with Crippen molar-refractivity contribution in [1.82, 2.24) is 0 Å². The highest BCUT2D eigenvalue weighted by atomic mass is 16.6. The van der Waals surface area contributed by atoms with Crippen molar-refractivity contribution in [2.24, 2.45) is 11.8 Å². The van der Waals surface area contributed by atoms with E-state index in [2.05, 4.69) is 34.6 Å². The van der Waals surface area contributed by atoms with Gasteiger partial charge in [-0.05, 0) is 31.1 Å². The van der Waals surface area contributed by atoms with Crippen LogP contribution in [-0.2, 0) is 28.6 Å². The zero-order valence-electron chi connectivity index (χ0n) is 54.5. The van der Waals surface area contributed by atoms with E-state index >= 15 is 0 Å². The summed E-state index contributed by atoms with van der Waals surface area (Å²) in [6.07, 6.45) is 75.5. The number of hydrogen-bond donors (Lipinski definition) is 0. The molecular weight excluding hydrogens is 973 g/mol. The lowest BCUT2D eigenvalue weighted by atomic mass is 9.99. The zero-order chi connectivity index (χ0) is 57.4. The van der Waals surface area contributed by atoms with Gasteiger partial charge in [0.15, 0.2) is 6.10 Å². The van der Waals surface area contributed by atoms with Gasteiger partial charge in [-0.25, -0.2) is 0 Å². The van der Waals surface area contributed by atoms with Crippen LogP contribution in [0.2, 0.25) is 0 Å². The summed E-state index contributed by atoms with van der Waals surface area (Å²) in [5.41, 5.74) is 0. The zero-order valence-corrected chi connectivity index (χ0v) is 54.5. The average Bonchev–Trinajstić information content (AvgIpc) is 3.44. The van der Waals surface area contributed by atoms with Crippen LogP contribution in [0.5, 0.6) is 0 Å². The van der Waals surface area contributed by atoms with Crippen molar-refractivity contribution < 1.29 is 28.6 Å². The van der Waals surface area contributed by atoms with Crippen molar-refractivity contribution in [3.05, 3.63) is 0 Å². The quantitative estimate of drug-likeness (QED) is 0.0343. The molecule has 6 nitrogen and oxygen atoms in total.